The molecule has 0 spiro atoms. The molecule has 0 radical (unpaired) electrons. The molecule has 2 amide bonds. The predicted octanol–water partition coefficient (Wildman–Crippen LogP) is 2.86. The summed E-state index contributed by atoms with van der Waals surface area (Å²) in [5.74, 6) is 0. The van der Waals surface area contributed by atoms with Gasteiger partial charge >= 0.3 is 6.03 Å². The van der Waals surface area contributed by atoms with Crippen molar-refractivity contribution in [1.29, 1.82) is 0 Å². The fourth-order valence-electron chi connectivity index (χ4n) is 3.24. The minimum atomic E-state index is -3.50. The summed E-state index contributed by atoms with van der Waals surface area (Å²) in [4.78, 5) is 16.2. The van der Waals surface area contributed by atoms with Crippen molar-refractivity contribution in [3.63, 3.8) is 0 Å². The van der Waals surface area contributed by atoms with E-state index >= 15 is 0 Å². The molecule has 0 aliphatic carbocycles. The Morgan fingerprint density at radius 3 is 2.08 bits per heavy atom. The molecular formula is C18H24ClN3O3S. The van der Waals surface area contributed by atoms with Gasteiger partial charge in [0.25, 0.3) is 0 Å². The lowest BCUT2D eigenvalue weighted by Crippen LogP contribution is -2.54. The molecule has 6 nitrogen and oxygen atoms in total. The van der Waals surface area contributed by atoms with Gasteiger partial charge in [0.2, 0.25) is 10.0 Å². The number of likely N-dealkylation sites (tertiary alicyclic amines) is 1. The summed E-state index contributed by atoms with van der Waals surface area (Å²) in [6, 6.07) is 7.02. The number of nitrogens with zero attached hydrogens (tertiary/aromatic N) is 3. The predicted molar refractivity (Wildman–Crippen MR) is 103 cm³/mol. The van der Waals surface area contributed by atoms with Crippen LogP contribution in [0.15, 0.2) is 29.7 Å². The second kappa shape index (κ2) is 8.41. The number of piperazine rings is 1. The first-order valence-corrected chi connectivity index (χ1v) is 10.8. The van der Waals surface area contributed by atoms with E-state index in [-0.39, 0.29) is 6.03 Å². The molecule has 0 atom stereocenters. The van der Waals surface area contributed by atoms with E-state index in [0.29, 0.717) is 31.2 Å². The van der Waals surface area contributed by atoms with Gasteiger partial charge < -0.3 is 9.80 Å². The molecule has 1 aromatic carbocycles. The topological polar surface area (TPSA) is 60.9 Å². The van der Waals surface area contributed by atoms with Gasteiger partial charge in [0.1, 0.15) is 0 Å². The fourth-order valence-corrected chi connectivity index (χ4v) is 4.54. The zero-order valence-corrected chi connectivity index (χ0v) is 16.3. The number of carbonyl (C=O) groups excluding carboxylic acids is 1. The van der Waals surface area contributed by atoms with Gasteiger partial charge in [0.05, 0.1) is 0 Å². The van der Waals surface area contributed by atoms with Crippen molar-refractivity contribution in [2.75, 3.05) is 39.3 Å². The molecule has 8 heteroatoms. The maximum atomic E-state index is 12.5. The average Bonchev–Trinajstić information content (AvgIpc) is 2.68. The van der Waals surface area contributed by atoms with Gasteiger partial charge in [-0.3, -0.25) is 0 Å². The first-order chi connectivity index (χ1) is 12.5. The van der Waals surface area contributed by atoms with Crippen LogP contribution in [0.4, 0.5) is 4.79 Å². The van der Waals surface area contributed by atoms with Crippen LogP contribution in [-0.2, 0) is 10.0 Å². The number of amides is 2. The molecule has 2 fully saturated rings. The number of hydrogen-bond donors (Lipinski definition) is 0. The Hall–Kier alpha value is -1.57. The largest absolute Gasteiger partial charge is 0.325 e. The van der Waals surface area contributed by atoms with Crippen molar-refractivity contribution in [3.8, 4) is 0 Å². The standard InChI is InChI=1S/C18H24ClN3O3S/c19-17-6-4-16(5-7-17)8-15-26(24,25)22-13-11-21(12-14-22)18(23)20-9-2-1-3-10-20/h4-8,15H,1-3,9-14H2/b15-8+. The molecule has 3 rings (SSSR count). The Bertz CT molecular complexity index is 750. The van der Waals surface area contributed by atoms with E-state index in [9.17, 15) is 13.2 Å². The first kappa shape index (κ1) is 19.2. The molecule has 0 bridgehead atoms. The lowest BCUT2D eigenvalue weighted by atomic mass is 10.1. The Labute approximate surface area is 160 Å². The van der Waals surface area contributed by atoms with E-state index in [2.05, 4.69) is 0 Å². The number of urea groups is 1. The first-order valence-electron chi connectivity index (χ1n) is 8.93. The third kappa shape index (κ3) is 4.78. The average molecular weight is 398 g/mol. The summed E-state index contributed by atoms with van der Waals surface area (Å²) in [6.07, 6.45) is 4.85. The van der Waals surface area contributed by atoms with Crippen LogP contribution in [0.1, 0.15) is 24.8 Å². The Balaban J connectivity index is 1.56. The van der Waals surface area contributed by atoms with Gasteiger partial charge in [-0.05, 0) is 43.0 Å². The van der Waals surface area contributed by atoms with Gasteiger partial charge in [0, 0.05) is 49.7 Å². The lowest BCUT2D eigenvalue weighted by molar-refractivity contribution is 0.127. The molecule has 26 heavy (non-hydrogen) atoms. The number of carbonyl (C=O) groups is 1. The minimum Gasteiger partial charge on any atom is -0.325 e. The second-order valence-electron chi connectivity index (χ2n) is 6.62. The highest BCUT2D eigenvalue weighted by Gasteiger charge is 2.29. The van der Waals surface area contributed by atoms with E-state index in [1.54, 1.807) is 35.2 Å². The number of benzene rings is 1. The summed E-state index contributed by atoms with van der Waals surface area (Å²) in [5, 5.41) is 1.83. The normalized spacial score (nSPS) is 19.9. The lowest BCUT2D eigenvalue weighted by Gasteiger charge is -2.37. The van der Waals surface area contributed by atoms with Crippen molar-refractivity contribution in [1.82, 2.24) is 14.1 Å². The smallest absolute Gasteiger partial charge is 0.320 e. The number of rotatable bonds is 3. The van der Waals surface area contributed by atoms with Gasteiger partial charge in [0.15, 0.2) is 0 Å². The third-order valence-electron chi connectivity index (χ3n) is 4.80. The summed E-state index contributed by atoms with van der Waals surface area (Å²) in [7, 11) is -3.50. The molecule has 142 valence electrons. The van der Waals surface area contributed by atoms with Crippen molar-refractivity contribution < 1.29 is 13.2 Å². The highest BCUT2D eigenvalue weighted by atomic mass is 35.5. The summed E-state index contributed by atoms with van der Waals surface area (Å²) in [5.41, 5.74) is 0.775. The van der Waals surface area contributed by atoms with Crippen LogP contribution in [0.5, 0.6) is 0 Å². The summed E-state index contributed by atoms with van der Waals surface area (Å²) in [6.45, 7) is 3.13. The molecule has 2 aliphatic rings. The van der Waals surface area contributed by atoms with E-state index in [1.165, 1.54) is 16.1 Å². The minimum absolute atomic E-state index is 0.0402. The van der Waals surface area contributed by atoms with Crippen LogP contribution >= 0.6 is 11.6 Å². The highest BCUT2D eigenvalue weighted by molar-refractivity contribution is 7.92. The van der Waals surface area contributed by atoms with Gasteiger partial charge in [-0.15, -0.1) is 0 Å². The van der Waals surface area contributed by atoms with E-state index in [0.717, 1.165) is 31.5 Å². The summed E-state index contributed by atoms with van der Waals surface area (Å²) < 4.78 is 26.4. The maximum absolute atomic E-state index is 12.5. The zero-order valence-electron chi connectivity index (χ0n) is 14.7. The molecule has 2 heterocycles. The quantitative estimate of drug-likeness (QED) is 0.787. The maximum Gasteiger partial charge on any atom is 0.320 e. The molecule has 0 unspecified atom stereocenters. The van der Waals surface area contributed by atoms with Crippen LogP contribution in [0.2, 0.25) is 5.02 Å². The molecule has 0 saturated carbocycles. The van der Waals surface area contributed by atoms with Crippen LogP contribution in [0.3, 0.4) is 0 Å². The monoisotopic (exact) mass is 397 g/mol. The molecule has 2 aliphatic heterocycles. The van der Waals surface area contributed by atoms with Crippen LogP contribution in [0.25, 0.3) is 6.08 Å². The second-order valence-corrected chi connectivity index (χ2v) is 8.87. The number of halogens is 1. The van der Waals surface area contributed by atoms with Crippen LogP contribution in [0, 0.1) is 0 Å². The number of sulfonamides is 1. The Kier molecular flexibility index (Phi) is 6.21. The molecular weight excluding hydrogens is 374 g/mol. The van der Waals surface area contributed by atoms with Gasteiger partial charge in [-0.25, -0.2) is 13.2 Å². The van der Waals surface area contributed by atoms with Crippen LogP contribution < -0.4 is 0 Å². The van der Waals surface area contributed by atoms with Crippen molar-refractivity contribution in [2.45, 2.75) is 19.3 Å². The van der Waals surface area contributed by atoms with Crippen molar-refractivity contribution in [2.24, 2.45) is 0 Å². The van der Waals surface area contributed by atoms with E-state index in [1.807, 2.05) is 4.90 Å². The summed E-state index contributed by atoms with van der Waals surface area (Å²) >= 11 is 5.83. The number of hydrogen-bond acceptors (Lipinski definition) is 3. The van der Waals surface area contributed by atoms with E-state index < -0.39 is 10.0 Å². The van der Waals surface area contributed by atoms with E-state index in [4.69, 9.17) is 11.6 Å². The Morgan fingerprint density at radius 2 is 1.46 bits per heavy atom. The molecule has 2 saturated heterocycles. The molecule has 1 aromatic rings. The van der Waals surface area contributed by atoms with Gasteiger partial charge in [-0.1, -0.05) is 23.7 Å². The Morgan fingerprint density at radius 1 is 0.885 bits per heavy atom. The van der Waals surface area contributed by atoms with Gasteiger partial charge in [-0.2, -0.15) is 4.31 Å². The van der Waals surface area contributed by atoms with Crippen molar-refractivity contribution in [3.05, 3.63) is 40.3 Å². The third-order valence-corrected chi connectivity index (χ3v) is 6.62. The highest BCUT2D eigenvalue weighted by Crippen LogP contribution is 2.16. The zero-order chi connectivity index (χ0) is 18.6. The molecule has 0 aromatic heterocycles. The van der Waals surface area contributed by atoms with Crippen molar-refractivity contribution >= 4 is 33.7 Å². The SMILES string of the molecule is O=C(N1CCCCC1)N1CCN(S(=O)(=O)/C=C/c2ccc(Cl)cc2)CC1. The fraction of sp³-hybridized carbons (Fsp3) is 0.500. The molecule has 0 N–H and O–H groups in total. The number of piperidine rings is 1. The van der Waals surface area contributed by atoms with Crippen LogP contribution in [-0.4, -0.2) is 67.8 Å².